The number of hydrogen-bond acceptors (Lipinski definition) is 4. The highest BCUT2D eigenvalue weighted by Gasteiger charge is 2.10. The van der Waals surface area contributed by atoms with E-state index in [1.165, 1.54) is 0 Å². The summed E-state index contributed by atoms with van der Waals surface area (Å²) in [5.41, 5.74) is 2.56. The first-order valence-corrected chi connectivity index (χ1v) is 9.31. The van der Waals surface area contributed by atoms with Gasteiger partial charge in [0, 0.05) is 29.0 Å². The molecule has 0 unspecified atom stereocenters. The van der Waals surface area contributed by atoms with Gasteiger partial charge in [0.25, 0.3) is 5.91 Å². The van der Waals surface area contributed by atoms with Crippen LogP contribution in [-0.2, 0) is 6.54 Å². The van der Waals surface area contributed by atoms with Gasteiger partial charge in [0.05, 0.1) is 14.2 Å². The molecule has 30 heavy (non-hydrogen) atoms. The largest absolute Gasteiger partial charge is 0.497 e. The molecular formula is C23H23N3O4. The molecule has 0 aliphatic carbocycles. The lowest BCUT2D eigenvalue weighted by Crippen LogP contribution is -2.23. The van der Waals surface area contributed by atoms with Crippen LogP contribution < -0.4 is 25.4 Å². The number of carbonyl (C=O) groups is 2. The summed E-state index contributed by atoms with van der Waals surface area (Å²) in [4.78, 5) is 24.5. The van der Waals surface area contributed by atoms with Crippen molar-refractivity contribution in [1.29, 1.82) is 0 Å². The number of ether oxygens (including phenoxy) is 2. The van der Waals surface area contributed by atoms with Crippen molar-refractivity contribution in [3.63, 3.8) is 0 Å². The van der Waals surface area contributed by atoms with Gasteiger partial charge in [-0.25, -0.2) is 4.79 Å². The summed E-state index contributed by atoms with van der Waals surface area (Å²) in [6.07, 6.45) is 0. The summed E-state index contributed by atoms with van der Waals surface area (Å²) in [7, 11) is 3.16. The zero-order chi connectivity index (χ0) is 21.3. The maximum atomic E-state index is 12.5. The van der Waals surface area contributed by atoms with Crippen molar-refractivity contribution in [2.24, 2.45) is 0 Å². The maximum absolute atomic E-state index is 12.5. The van der Waals surface area contributed by atoms with Crippen LogP contribution in [0.3, 0.4) is 0 Å². The van der Waals surface area contributed by atoms with Crippen LogP contribution in [0.1, 0.15) is 15.9 Å². The quantitative estimate of drug-likeness (QED) is 0.547. The van der Waals surface area contributed by atoms with Crippen molar-refractivity contribution >= 4 is 23.3 Å². The van der Waals surface area contributed by atoms with E-state index in [4.69, 9.17) is 9.47 Å². The number of rotatable bonds is 7. The molecule has 0 aromatic heterocycles. The predicted octanol–water partition coefficient (Wildman–Crippen LogP) is 4.28. The fourth-order valence-corrected chi connectivity index (χ4v) is 2.82. The van der Waals surface area contributed by atoms with Gasteiger partial charge >= 0.3 is 6.03 Å². The van der Waals surface area contributed by atoms with Gasteiger partial charge in [-0.05, 0) is 54.6 Å². The fourth-order valence-electron chi connectivity index (χ4n) is 2.82. The first-order valence-electron chi connectivity index (χ1n) is 9.31. The lowest BCUT2D eigenvalue weighted by atomic mass is 10.1. The second kappa shape index (κ2) is 9.97. The summed E-state index contributed by atoms with van der Waals surface area (Å²) in [6.45, 7) is 0.290. The highest BCUT2D eigenvalue weighted by atomic mass is 16.5. The van der Waals surface area contributed by atoms with E-state index in [1.54, 1.807) is 62.8 Å². The fraction of sp³-hybridized carbons (Fsp3) is 0.130. The Bertz CT molecular complexity index is 1000. The average Bonchev–Trinajstić information content (AvgIpc) is 2.78. The van der Waals surface area contributed by atoms with Gasteiger partial charge in [-0.3, -0.25) is 4.79 Å². The summed E-state index contributed by atoms with van der Waals surface area (Å²) < 4.78 is 10.5. The Balaban J connectivity index is 1.57. The normalized spacial score (nSPS) is 10.1. The molecule has 0 bridgehead atoms. The maximum Gasteiger partial charge on any atom is 0.323 e. The van der Waals surface area contributed by atoms with E-state index in [-0.39, 0.29) is 11.9 Å². The Morgan fingerprint density at radius 1 is 0.800 bits per heavy atom. The number of methoxy groups -OCH3 is 2. The molecule has 3 rings (SSSR count). The van der Waals surface area contributed by atoms with Gasteiger partial charge < -0.3 is 25.4 Å². The number of benzene rings is 3. The molecule has 0 radical (unpaired) electrons. The summed E-state index contributed by atoms with van der Waals surface area (Å²) in [5.74, 6) is 1.12. The van der Waals surface area contributed by atoms with E-state index < -0.39 is 0 Å². The Labute approximate surface area is 175 Å². The molecule has 3 aromatic rings. The summed E-state index contributed by atoms with van der Waals surface area (Å²) >= 11 is 0. The van der Waals surface area contributed by atoms with Gasteiger partial charge in [0.1, 0.15) is 11.5 Å². The van der Waals surface area contributed by atoms with Crippen LogP contribution in [0.5, 0.6) is 11.5 Å². The number of para-hydroxylation sites is 1. The van der Waals surface area contributed by atoms with E-state index in [0.717, 1.165) is 5.56 Å². The molecule has 0 atom stereocenters. The van der Waals surface area contributed by atoms with Gasteiger partial charge in [-0.1, -0.05) is 18.2 Å². The minimum absolute atomic E-state index is 0.236. The third kappa shape index (κ3) is 5.51. The van der Waals surface area contributed by atoms with E-state index in [9.17, 15) is 9.59 Å². The lowest BCUT2D eigenvalue weighted by molar-refractivity contribution is 0.0950. The molecule has 0 fully saturated rings. The van der Waals surface area contributed by atoms with Gasteiger partial charge in [0.2, 0.25) is 0 Å². The SMILES string of the molecule is COc1ccc(OC)c(CNC(=O)c2ccc(NC(=O)Nc3ccccc3)cc2)c1. The number of urea groups is 1. The van der Waals surface area contributed by atoms with Crippen LogP contribution in [0.25, 0.3) is 0 Å². The zero-order valence-electron chi connectivity index (χ0n) is 16.8. The topological polar surface area (TPSA) is 88.7 Å². The first-order chi connectivity index (χ1) is 14.6. The van der Waals surface area contributed by atoms with Crippen LogP contribution in [0.4, 0.5) is 16.2 Å². The van der Waals surface area contributed by atoms with Gasteiger partial charge in [-0.2, -0.15) is 0 Å². The molecule has 7 nitrogen and oxygen atoms in total. The zero-order valence-corrected chi connectivity index (χ0v) is 16.8. The molecule has 0 aliphatic rings. The highest BCUT2D eigenvalue weighted by molar-refractivity contribution is 6.00. The molecule has 154 valence electrons. The monoisotopic (exact) mass is 405 g/mol. The molecule has 0 heterocycles. The number of hydrogen-bond donors (Lipinski definition) is 3. The molecule has 0 spiro atoms. The Morgan fingerprint density at radius 2 is 1.47 bits per heavy atom. The number of nitrogens with one attached hydrogen (secondary N) is 3. The predicted molar refractivity (Wildman–Crippen MR) is 116 cm³/mol. The smallest absolute Gasteiger partial charge is 0.323 e. The van der Waals surface area contributed by atoms with Crippen molar-refractivity contribution in [2.75, 3.05) is 24.9 Å². The standard InChI is InChI=1S/C23H23N3O4/c1-29-20-12-13-21(30-2)17(14-20)15-24-22(27)16-8-10-19(11-9-16)26-23(28)25-18-6-4-3-5-7-18/h3-14H,15H2,1-2H3,(H,24,27)(H2,25,26,28). The van der Waals surface area contributed by atoms with Gasteiger partial charge in [0.15, 0.2) is 0 Å². The van der Waals surface area contributed by atoms with Crippen LogP contribution >= 0.6 is 0 Å². The highest BCUT2D eigenvalue weighted by Crippen LogP contribution is 2.23. The van der Waals surface area contributed by atoms with Crippen molar-refractivity contribution in [1.82, 2.24) is 5.32 Å². The number of amides is 3. The van der Waals surface area contributed by atoms with Crippen LogP contribution in [0.2, 0.25) is 0 Å². The molecular weight excluding hydrogens is 382 g/mol. The number of carbonyl (C=O) groups excluding carboxylic acids is 2. The number of anilines is 2. The van der Waals surface area contributed by atoms with Gasteiger partial charge in [-0.15, -0.1) is 0 Å². The van der Waals surface area contributed by atoms with Crippen molar-refractivity contribution in [3.8, 4) is 11.5 Å². The molecule has 0 saturated carbocycles. The van der Waals surface area contributed by atoms with E-state index >= 15 is 0 Å². The third-order valence-corrected chi connectivity index (χ3v) is 4.36. The van der Waals surface area contributed by atoms with E-state index in [0.29, 0.717) is 35.0 Å². The lowest BCUT2D eigenvalue weighted by Gasteiger charge is -2.12. The van der Waals surface area contributed by atoms with Crippen molar-refractivity contribution in [3.05, 3.63) is 83.9 Å². The minimum atomic E-state index is -0.358. The summed E-state index contributed by atoms with van der Waals surface area (Å²) in [6, 6.07) is 20.8. The first kappa shape index (κ1) is 20.7. The molecule has 3 amide bonds. The molecule has 3 N–H and O–H groups in total. The second-order valence-electron chi connectivity index (χ2n) is 6.38. The Hall–Kier alpha value is -4.00. The van der Waals surface area contributed by atoms with E-state index in [2.05, 4.69) is 16.0 Å². The van der Waals surface area contributed by atoms with Crippen molar-refractivity contribution in [2.45, 2.75) is 6.54 Å². The van der Waals surface area contributed by atoms with Crippen molar-refractivity contribution < 1.29 is 19.1 Å². The molecule has 0 aliphatic heterocycles. The third-order valence-electron chi connectivity index (χ3n) is 4.36. The molecule has 3 aromatic carbocycles. The molecule has 7 heteroatoms. The minimum Gasteiger partial charge on any atom is -0.497 e. The summed E-state index contributed by atoms with van der Waals surface area (Å²) in [5, 5.41) is 8.32. The average molecular weight is 405 g/mol. The van der Waals surface area contributed by atoms with E-state index in [1.807, 2.05) is 24.3 Å². The Morgan fingerprint density at radius 3 is 2.10 bits per heavy atom. The van der Waals surface area contributed by atoms with Crippen LogP contribution in [-0.4, -0.2) is 26.2 Å². The second-order valence-corrected chi connectivity index (χ2v) is 6.38. The Kier molecular flexibility index (Phi) is 6.89. The van der Waals surface area contributed by atoms with Crippen LogP contribution in [0.15, 0.2) is 72.8 Å². The molecule has 0 saturated heterocycles. The van der Waals surface area contributed by atoms with Crippen LogP contribution in [0, 0.1) is 0 Å².